The Morgan fingerprint density at radius 1 is 1.39 bits per heavy atom. The molecule has 0 aliphatic rings. The van der Waals surface area contributed by atoms with E-state index in [1.54, 1.807) is 25.1 Å². The first-order chi connectivity index (χ1) is 8.50. The van der Waals surface area contributed by atoms with E-state index in [1.165, 1.54) is 12.4 Å². The minimum Gasteiger partial charge on any atom is -0.284 e. The second-order valence-electron chi connectivity index (χ2n) is 3.74. The third-order valence-corrected chi connectivity index (χ3v) is 3.98. The van der Waals surface area contributed by atoms with Gasteiger partial charge in [-0.1, -0.05) is 18.2 Å². The Morgan fingerprint density at radius 3 is 2.72 bits per heavy atom. The van der Waals surface area contributed by atoms with Crippen molar-refractivity contribution in [2.75, 3.05) is 4.72 Å². The number of aromatic amines is 1. The van der Waals surface area contributed by atoms with Crippen LogP contribution in [-0.2, 0) is 10.0 Å². The van der Waals surface area contributed by atoms with Crippen LogP contribution in [0.2, 0.25) is 0 Å². The van der Waals surface area contributed by atoms with Crippen LogP contribution in [0.25, 0.3) is 0 Å². The zero-order chi connectivity index (χ0) is 13.2. The minimum absolute atomic E-state index is 0.0829. The Morgan fingerprint density at radius 2 is 2.11 bits per heavy atom. The number of anilines is 1. The molecule has 0 saturated heterocycles. The van der Waals surface area contributed by atoms with E-state index in [1.807, 2.05) is 6.07 Å². The molecule has 0 spiro atoms. The van der Waals surface area contributed by atoms with Crippen molar-refractivity contribution in [2.45, 2.75) is 17.2 Å². The SMILES string of the molecule is CC(Cl)c1ccccc1NS(=O)(=O)c1cn[nH]c1. The van der Waals surface area contributed by atoms with Gasteiger partial charge in [-0.3, -0.25) is 9.82 Å². The van der Waals surface area contributed by atoms with Crippen LogP contribution in [-0.4, -0.2) is 18.6 Å². The number of para-hydroxylation sites is 1. The third kappa shape index (κ3) is 2.65. The molecule has 0 amide bonds. The Labute approximate surface area is 110 Å². The lowest BCUT2D eigenvalue weighted by Gasteiger charge is -2.12. The predicted octanol–water partition coefficient (Wildman–Crippen LogP) is 2.51. The molecular formula is C11H12ClN3O2S. The number of alkyl halides is 1. The maximum atomic E-state index is 12.0. The summed E-state index contributed by atoms with van der Waals surface area (Å²) in [5.74, 6) is 0. The number of benzene rings is 1. The molecule has 18 heavy (non-hydrogen) atoms. The molecule has 0 radical (unpaired) electrons. The fourth-order valence-corrected chi connectivity index (χ4v) is 2.71. The molecule has 0 bridgehead atoms. The Hall–Kier alpha value is -1.53. The van der Waals surface area contributed by atoms with Crippen molar-refractivity contribution in [3.63, 3.8) is 0 Å². The van der Waals surface area contributed by atoms with Crippen LogP contribution in [0.4, 0.5) is 5.69 Å². The van der Waals surface area contributed by atoms with Crippen molar-refractivity contribution in [3.05, 3.63) is 42.2 Å². The summed E-state index contributed by atoms with van der Waals surface area (Å²) in [6.07, 6.45) is 2.56. The molecule has 2 aromatic rings. The summed E-state index contributed by atoms with van der Waals surface area (Å²) in [4.78, 5) is 0.0829. The molecule has 1 aromatic carbocycles. The summed E-state index contributed by atoms with van der Waals surface area (Å²) >= 11 is 6.01. The highest BCUT2D eigenvalue weighted by atomic mass is 35.5. The number of rotatable bonds is 4. The van der Waals surface area contributed by atoms with E-state index >= 15 is 0 Å². The minimum atomic E-state index is -3.63. The van der Waals surface area contributed by atoms with Gasteiger partial charge in [0.25, 0.3) is 10.0 Å². The maximum absolute atomic E-state index is 12.0. The van der Waals surface area contributed by atoms with Crippen molar-refractivity contribution in [1.82, 2.24) is 10.2 Å². The van der Waals surface area contributed by atoms with Gasteiger partial charge in [0.2, 0.25) is 0 Å². The predicted molar refractivity (Wildman–Crippen MR) is 70.1 cm³/mol. The number of nitrogens with one attached hydrogen (secondary N) is 2. The number of nitrogens with zero attached hydrogens (tertiary/aromatic N) is 1. The first kappa shape index (κ1) is 12.9. The van der Waals surface area contributed by atoms with Crippen molar-refractivity contribution in [3.8, 4) is 0 Å². The molecule has 2 N–H and O–H groups in total. The van der Waals surface area contributed by atoms with Crippen LogP contribution >= 0.6 is 11.6 Å². The highest BCUT2D eigenvalue weighted by Crippen LogP contribution is 2.28. The first-order valence-electron chi connectivity index (χ1n) is 5.25. The molecule has 7 heteroatoms. The maximum Gasteiger partial charge on any atom is 0.265 e. The molecule has 1 heterocycles. The largest absolute Gasteiger partial charge is 0.284 e. The normalized spacial score (nSPS) is 13.2. The molecule has 1 unspecified atom stereocenters. The smallest absolute Gasteiger partial charge is 0.265 e. The quantitative estimate of drug-likeness (QED) is 0.848. The third-order valence-electron chi connectivity index (χ3n) is 2.42. The second-order valence-corrected chi connectivity index (χ2v) is 6.08. The van der Waals surface area contributed by atoms with E-state index < -0.39 is 10.0 Å². The lowest BCUT2D eigenvalue weighted by molar-refractivity contribution is 0.601. The van der Waals surface area contributed by atoms with Gasteiger partial charge in [0.1, 0.15) is 4.90 Å². The van der Waals surface area contributed by atoms with Crippen LogP contribution in [0, 0.1) is 0 Å². The molecule has 96 valence electrons. The number of hydrogen-bond acceptors (Lipinski definition) is 3. The Balaban J connectivity index is 2.36. The Kier molecular flexibility index (Phi) is 3.58. The van der Waals surface area contributed by atoms with Gasteiger partial charge in [-0.15, -0.1) is 11.6 Å². The van der Waals surface area contributed by atoms with Gasteiger partial charge in [0.05, 0.1) is 17.3 Å². The van der Waals surface area contributed by atoms with E-state index in [0.29, 0.717) is 5.69 Å². The Bertz CT molecular complexity index is 623. The van der Waals surface area contributed by atoms with Gasteiger partial charge in [-0.05, 0) is 18.6 Å². The van der Waals surface area contributed by atoms with Crippen molar-refractivity contribution < 1.29 is 8.42 Å². The van der Waals surface area contributed by atoms with Gasteiger partial charge in [0.15, 0.2) is 0 Å². The van der Waals surface area contributed by atoms with Crippen LogP contribution in [0.3, 0.4) is 0 Å². The summed E-state index contributed by atoms with van der Waals surface area (Å²) < 4.78 is 26.5. The van der Waals surface area contributed by atoms with Crippen molar-refractivity contribution >= 4 is 27.3 Å². The highest BCUT2D eigenvalue weighted by Gasteiger charge is 2.17. The van der Waals surface area contributed by atoms with E-state index in [0.717, 1.165) is 5.56 Å². The molecular weight excluding hydrogens is 274 g/mol. The first-order valence-corrected chi connectivity index (χ1v) is 7.17. The highest BCUT2D eigenvalue weighted by molar-refractivity contribution is 7.92. The van der Waals surface area contributed by atoms with Crippen LogP contribution in [0.15, 0.2) is 41.6 Å². The molecule has 2 rings (SSSR count). The summed E-state index contributed by atoms with van der Waals surface area (Å²) in [7, 11) is -3.63. The topological polar surface area (TPSA) is 74.8 Å². The number of H-pyrrole nitrogens is 1. The molecule has 5 nitrogen and oxygen atoms in total. The fourth-order valence-electron chi connectivity index (χ4n) is 1.53. The average molecular weight is 286 g/mol. The average Bonchev–Trinajstić information content (AvgIpc) is 2.83. The number of halogens is 1. The molecule has 0 aliphatic heterocycles. The van der Waals surface area contributed by atoms with Crippen LogP contribution in [0.1, 0.15) is 17.9 Å². The van der Waals surface area contributed by atoms with E-state index in [4.69, 9.17) is 11.6 Å². The molecule has 0 aliphatic carbocycles. The van der Waals surface area contributed by atoms with Crippen molar-refractivity contribution in [1.29, 1.82) is 0 Å². The molecule has 0 saturated carbocycles. The lowest BCUT2D eigenvalue weighted by atomic mass is 10.1. The summed E-state index contributed by atoms with van der Waals surface area (Å²) in [5.41, 5.74) is 1.20. The molecule has 1 aromatic heterocycles. The van der Waals surface area contributed by atoms with Crippen LogP contribution < -0.4 is 4.72 Å². The van der Waals surface area contributed by atoms with Gasteiger partial charge in [-0.25, -0.2) is 8.42 Å². The number of sulfonamides is 1. The summed E-state index contributed by atoms with van der Waals surface area (Å²) in [6, 6.07) is 7.01. The number of hydrogen-bond donors (Lipinski definition) is 2. The fraction of sp³-hybridized carbons (Fsp3) is 0.182. The molecule has 1 atom stereocenters. The summed E-state index contributed by atoms with van der Waals surface area (Å²) in [5, 5.41) is 5.80. The zero-order valence-electron chi connectivity index (χ0n) is 9.59. The van der Waals surface area contributed by atoms with Gasteiger partial charge >= 0.3 is 0 Å². The van der Waals surface area contributed by atoms with E-state index in [9.17, 15) is 8.42 Å². The molecule has 0 fully saturated rings. The lowest BCUT2D eigenvalue weighted by Crippen LogP contribution is -2.13. The van der Waals surface area contributed by atoms with Crippen molar-refractivity contribution in [2.24, 2.45) is 0 Å². The monoisotopic (exact) mass is 285 g/mol. The van der Waals surface area contributed by atoms with E-state index in [-0.39, 0.29) is 10.3 Å². The second kappa shape index (κ2) is 4.99. The van der Waals surface area contributed by atoms with Gasteiger partial charge in [0, 0.05) is 6.20 Å². The van der Waals surface area contributed by atoms with Crippen LogP contribution in [0.5, 0.6) is 0 Å². The zero-order valence-corrected chi connectivity index (χ0v) is 11.2. The van der Waals surface area contributed by atoms with Gasteiger partial charge in [-0.2, -0.15) is 5.10 Å². The van der Waals surface area contributed by atoms with E-state index in [2.05, 4.69) is 14.9 Å². The van der Waals surface area contributed by atoms with Gasteiger partial charge < -0.3 is 0 Å². The standard InChI is InChI=1S/C11H12ClN3O2S/c1-8(12)10-4-2-3-5-11(10)15-18(16,17)9-6-13-14-7-9/h2-8,15H,1H3,(H,13,14). The summed E-state index contributed by atoms with van der Waals surface area (Å²) in [6.45, 7) is 1.78. The number of aromatic nitrogens is 2.